The van der Waals surface area contributed by atoms with Crippen LogP contribution >= 0.6 is 0 Å². The highest BCUT2D eigenvalue weighted by Gasteiger charge is 2.13. The Kier molecular flexibility index (Phi) is 3.32. The smallest absolute Gasteiger partial charge is 0.274 e. The number of hydrogen-bond donors (Lipinski definition) is 3. The third kappa shape index (κ3) is 2.62. The predicted molar refractivity (Wildman–Crippen MR) is 65.1 cm³/mol. The van der Waals surface area contributed by atoms with Crippen molar-refractivity contribution in [2.45, 2.75) is 0 Å². The molecule has 1 aromatic heterocycles. The average Bonchev–Trinajstić information content (AvgIpc) is 2.69. The minimum Gasteiger partial charge on any atom is -0.383 e. The maximum atomic E-state index is 13.3. The van der Waals surface area contributed by atoms with Gasteiger partial charge in [-0.25, -0.2) is 8.78 Å². The van der Waals surface area contributed by atoms with E-state index >= 15 is 0 Å². The molecule has 0 aliphatic carbocycles. The number of carbonyl (C=O) groups is 1. The first-order valence-corrected chi connectivity index (χ1v) is 5.28. The second-order valence-corrected chi connectivity index (χ2v) is 3.77. The van der Waals surface area contributed by atoms with E-state index in [1.165, 1.54) is 10.9 Å². The molecule has 0 saturated carbocycles. The fourth-order valence-corrected chi connectivity index (χ4v) is 1.40. The van der Waals surface area contributed by atoms with Gasteiger partial charge in [0.25, 0.3) is 5.91 Å². The fourth-order valence-electron chi connectivity index (χ4n) is 1.40. The first-order chi connectivity index (χ1) is 8.99. The Morgan fingerprint density at radius 1 is 1.42 bits per heavy atom. The van der Waals surface area contributed by atoms with Crippen LogP contribution in [0.15, 0.2) is 24.4 Å². The van der Waals surface area contributed by atoms with E-state index in [1.54, 1.807) is 7.05 Å². The predicted octanol–water partition coefficient (Wildman–Crippen LogP) is 1.04. The summed E-state index contributed by atoms with van der Waals surface area (Å²) in [6, 6.07) is 2.93. The molecule has 0 bridgehead atoms. The van der Waals surface area contributed by atoms with Crippen molar-refractivity contribution in [1.29, 1.82) is 0 Å². The number of aromatic nitrogens is 2. The number of hydrazine groups is 1. The molecular weight excluding hydrogens is 256 g/mol. The molecule has 0 spiro atoms. The summed E-state index contributed by atoms with van der Waals surface area (Å²) in [5.74, 6) is -1.92. The SMILES string of the molecule is Cn1ncc(C(=O)NNc2ccc(F)cc2F)c1N. The third-order valence-electron chi connectivity index (χ3n) is 2.47. The van der Waals surface area contributed by atoms with Crippen molar-refractivity contribution in [3.05, 3.63) is 41.6 Å². The molecular formula is C11H11F2N5O. The number of hydrogen-bond acceptors (Lipinski definition) is 4. The molecule has 2 aromatic rings. The molecule has 100 valence electrons. The van der Waals surface area contributed by atoms with Crippen LogP contribution in [0.25, 0.3) is 0 Å². The van der Waals surface area contributed by atoms with Gasteiger partial charge in [0.2, 0.25) is 0 Å². The lowest BCUT2D eigenvalue weighted by Crippen LogP contribution is -2.30. The van der Waals surface area contributed by atoms with Crippen molar-refractivity contribution in [3.63, 3.8) is 0 Å². The summed E-state index contributed by atoms with van der Waals surface area (Å²) >= 11 is 0. The fraction of sp³-hybridized carbons (Fsp3) is 0.0909. The number of rotatable bonds is 3. The number of benzene rings is 1. The Morgan fingerprint density at radius 2 is 2.16 bits per heavy atom. The Morgan fingerprint density at radius 3 is 2.74 bits per heavy atom. The lowest BCUT2D eigenvalue weighted by molar-refractivity contribution is 0.0963. The molecule has 0 atom stereocenters. The van der Waals surface area contributed by atoms with Gasteiger partial charge >= 0.3 is 0 Å². The second-order valence-electron chi connectivity index (χ2n) is 3.77. The van der Waals surface area contributed by atoms with Crippen molar-refractivity contribution in [3.8, 4) is 0 Å². The van der Waals surface area contributed by atoms with Crippen LogP contribution in [0.1, 0.15) is 10.4 Å². The van der Waals surface area contributed by atoms with E-state index in [0.29, 0.717) is 6.07 Å². The Labute approximate surface area is 107 Å². The van der Waals surface area contributed by atoms with Crippen LogP contribution in [0.2, 0.25) is 0 Å². The first kappa shape index (κ1) is 12.8. The Hall–Kier alpha value is -2.64. The van der Waals surface area contributed by atoms with Crippen molar-refractivity contribution in [1.82, 2.24) is 15.2 Å². The molecule has 6 nitrogen and oxygen atoms in total. The molecule has 1 amide bonds. The first-order valence-electron chi connectivity index (χ1n) is 5.28. The van der Waals surface area contributed by atoms with Gasteiger partial charge in [-0.1, -0.05) is 0 Å². The molecule has 1 aromatic carbocycles. The van der Waals surface area contributed by atoms with E-state index < -0.39 is 17.5 Å². The highest BCUT2D eigenvalue weighted by Crippen LogP contribution is 2.14. The van der Waals surface area contributed by atoms with E-state index in [0.717, 1.165) is 12.1 Å². The Balaban J connectivity index is 2.06. The van der Waals surface area contributed by atoms with Gasteiger partial charge in [0.1, 0.15) is 17.2 Å². The van der Waals surface area contributed by atoms with E-state index in [4.69, 9.17) is 5.73 Å². The van der Waals surface area contributed by atoms with Gasteiger partial charge in [0.05, 0.1) is 11.9 Å². The van der Waals surface area contributed by atoms with Crippen molar-refractivity contribution < 1.29 is 13.6 Å². The highest BCUT2D eigenvalue weighted by molar-refractivity contribution is 5.98. The van der Waals surface area contributed by atoms with Gasteiger partial charge in [0.15, 0.2) is 5.82 Å². The van der Waals surface area contributed by atoms with Crippen LogP contribution in [0.4, 0.5) is 20.3 Å². The molecule has 2 rings (SSSR count). The van der Waals surface area contributed by atoms with Gasteiger partial charge in [0, 0.05) is 13.1 Å². The molecule has 4 N–H and O–H groups in total. The van der Waals surface area contributed by atoms with E-state index in [-0.39, 0.29) is 17.1 Å². The minimum atomic E-state index is -0.820. The van der Waals surface area contributed by atoms with Crippen molar-refractivity contribution >= 4 is 17.4 Å². The Bertz CT molecular complexity index is 626. The monoisotopic (exact) mass is 267 g/mol. The quantitative estimate of drug-likeness (QED) is 0.725. The number of amides is 1. The normalized spacial score (nSPS) is 10.3. The minimum absolute atomic E-state index is 0.0581. The molecule has 0 aliphatic heterocycles. The number of anilines is 2. The van der Waals surface area contributed by atoms with Crippen LogP contribution in [0, 0.1) is 11.6 Å². The number of nitrogen functional groups attached to an aromatic ring is 1. The molecule has 0 saturated heterocycles. The lowest BCUT2D eigenvalue weighted by Gasteiger charge is -2.08. The topological polar surface area (TPSA) is 85.0 Å². The number of nitrogens with two attached hydrogens (primary N) is 1. The van der Waals surface area contributed by atoms with Crippen LogP contribution in [0.3, 0.4) is 0 Å². The number of carbonyl (C=O) groups excluding carboxylic acids is 1. The van der Waals surface area contributed by atoms with Crippen LogP contribution < -0.4 is 16.6 Å². The zero-order valence-corrected chi connectivity index (χ0v) is 9.95. The van der Waals surface area contributed by atoms with E-state index in [2.05, 4.69) is 16.0 Å². The summed E-state index contributed by atoms with van der Waals surface area (Å²) in [6.07, 6.45) is 1.29. The third-order valence-corrected chi connectivity index (χ3v) is 2.47. The molecule has 0 radical (unpaired) electrons. The molecule has 8 heteroatoms. The maximum absolute atomic E-state index is 13.3. The summed E-state index contributed by atoms with van der Waals surface area (Å²) in [6.45, 7) is 0. The van der Waals surface area contributed by atoms with Crippen LogP contribution in [-0.2, 0) is 7.05 Å². The van der Waals surface area contributed by atoms with Crippen molar-refractivity contribution in [2.24, 2.45) is 7.05 Å². The highest BCUT2D eigenvalue weighted by atomic mass is 19.1. The molecule has 0 aliphatic rings. The number of nitrogens with one attached hydrogen (secondary N) is 2. The summed E-state index contributed by atoms with van der Waals surface area (Å²) < 4.78 is 27.3. The lowest BCUT2D eigenvalue weighted by atomic mass is 10.3. The van der Waals surface area contributed by atoms with Gasteiger partial charge in [-0.2, -0.15) is 5.10 Å². The van der Waals surface area contributed by atoms with Gasteiger partial charge in [-0.05, 0) is 12.1 Å². The van der Waals surface area contributed by atoms with Crippen LogP contribution in [0.5, 0.6) is 0 Å². The zero-order valence-electron chi connectivity index (χ0n) is 9.95. The van der Waals surface area contributed by atoms with Gasteiger partial charge < -0.3 is 5.73 Å². The summed E-state index contributed by atoms with van der Waals surface area (Å²) in [7, 11) is 1.58. The van der Waals surface area contributed by atoms with Gasteiger partial charge in [-0.3, -0.25) is 20.3 Å². The van der Waals surface area contributed by atoms with Crippen molar-refractivity contribution in [2.75, 3.05) is 11.2 Å². The summed E-state index contributed by atoms with van der Waals surface area (Å²) in [5, 5.41) is 3.80. The molecule has 1 heterocycles. The summed E-state index contributed by atoms with van der Waals surface area (Å²) in [4.78, 5) is 11.7. The second kappa shape index (κ2) is 4.92. The zero-order chi connectivity index (χ0) is 14.0. The van der Waals surface area contributed by atoms with E-state index in [9.17, 15) is 13.6 Å². The molecule has 0 unspecified atom stereocenters. The largest absolute Gasteiger partial charge is 0.383 e. The van der Waals surface area contributed by atoms with Gasteiger partial charge in [-0.15, -0.1) is 0 Å². The standard InChI is InChI=1S/C11H11F2N5O/c1-18-10(14)7(5-15-18)11(19)17-16-9-3-2-6(12)4-8(9)13/h2-5,16H,14H2,1H3,(H,17,19). The number of halogens is 2. The average molecular weight is 267 g/mol. The van der Waals surface area contributed by atoms with Crippen LogP contribution in [-0.4, -0.2) is 15.7 Å². The van der Waals surface area contributed by atoms with E-state index in [1.807, 2.05) is 0 Å². The summed E-state index contributed by atoms with van der Waals surface area (Å²) in [5.41, 5.74) is 10.3. The maximum Gasteiger partial charge on any atom is 0.274 e. The molecule has 0 fully saturated rings. The molecule has 19 heavy (non-hydrogen) atoms. The number of aryl methyl sites for hydroxylation is 1. The number of nitrogens with zero attached hydrogens (tertiary/aromatic N) is 2.